The molecule has 0 aliphatic heterocycles. The Morgan fingerprint density at radius 3 is 2.53 bits per heavy atom. The zero-order valence-corrected chi connectivity index (χ0v) is 10.4. The van der Waals surface area contributed by atoms with Crippen LogP contribution in [-0.4, -0.2) is 0 Å². The number of aryl methyl sites for hydroxylation is 1. The van der Waals surface area contributed by atoms with Gasteiger partial charge in [-0.15, -0.1) is 0 Å². The van der Waals surface area contributed by atoms with Gasteiger partial charge in [0.15, 0.2) is 0 Å². The third-order valence-electron chi connectivity index (χ3n) is 3.89. The lowest BCUT2D eigenvalue weighted by atomic mass is 9.73. The molecule has 1 aliphatic carbocycles. The maximum Gasteiger partial charge on any atom is -0.0136 e. The van der Waals surface area contributed by atoms with Crippen molar-refractivity contribution in [2.24, 2.45) is 5.92 Å². The molecule has 2 rings (SSSR count). The second kappa shape index (κ2) is 4.00. The number of benzene rings is 1. The Morgan fingerprint density at radius 2 is 1.87 bits per heavy atom. The van der Waals surface area contributed by atoms with E-state index in [9.17, 15) is 0 Å². The molecule has 15 heavy (non-hydrogen) atoms. The molecule has 1 aromatic carbocycles. The normalized spacial score (nSPS) is 25.4. The molecule has 0 heteroatoms. The quantitative estimate of drug-likeness (QED) is 0.622. The van der Waals surface area contributed by atoms with E-state index in [2.05, 4.69) is 45.9 Å². The van der Waals surface area contributed by atoms with Crippen molar-refractivity contribution < 1.29 is 0 Å². The molecule has 0 aromatic heterocycles. The van der Waals surface area contributed by atoms with Crippen LogP contribution < -0.4 is 0 Å². The highest BCUT2D eigenvalue weighted by Crippen LogP contribution is 2.42. The fourth-order valence-corrected chi connectivity index (χ4v) is 2.90. The van der Waals surface area contributed by atoms with Gasteiger partial charge in [-0.3, -0.25) is 0 Å². The molecule has 82 valence electrons. The van der Waals surface area contributed by atoms with Crippen LogP contribution in [-0.2, 0) is 0 Å². The maximum absolute atomic E-state index is 2.41. The Hall–Kier alpha value is -0.780. The molecule has 0 fully saturated rings. The minimum absolute atomic E-state index is 0.760. The van der Waals surface area contributed by atoms with Crippen molar-refractivity contribution in [1.82, 2.24) is 0 Å². The van der Waals surface area contributed by atoms with Crippen LogP contribution in [0.1, 0.15) is 62.1 Å². The number of hydrogen-bond acceptors (Lipinski definition) is 0. The van der Waals surface area contributed by atoms with Gasteiger partial charge in [-0.05, 0) is 48.6 Å². The van der Waals surface area contributed by atoms with Gasteiger partial charge in [0.1, 0.15) is 0 Å². The molecule has 0 spiro atoms. The minimum Gasteiger partial charge on any atom is -0.0622 e. The lowest BCUT2D eigenvalue weighted by molar-refractivity contribution is 0.410. The molecule has 0 bridgehead atoms. The van der Waals surface area contributed by atoms with Crippen molar-refractivity contribution in [2.45, 2.75) is 52.4 Å². The molecule has 2 atom stereocenters. The summed E-state index contributed by atoms with van der Waals surface area (Å²) in [7, 11) is 0. The highest BCUT2D eigenvalue weighted by atomic mass is 14.3. The van der Waals surface area contributed by atoms with Crippen LogP contribution in [0.4, 0.5) is 0 Å². The first kappa shape index (κ1) is 10.7. The van der Waals surface area contributed by atoms with Gasteiger partial charge in [-0.25, -0.2) is 0 Å². The second-order valence-corrected chi connectivity index (χ2v) is 5.46. The van der Waals surface area contributed by atoms with Crippen LogP contribution in [0.3, 0.4) is 0 Å². The van der Waals surface area contributed by atoms with Gasteiger partial charge in [0.05, 0.1) is 0 Å². The van der Waals surface area contributed by atoms with Crippen molar-refractivity contribution in [3.05, 3.63) is 34.9 Å². The zero-order chi connectivity index (χ0) is 11.0. The average molecular weight is 202 g/mol. The summed E-state index contributed by atoms with van der Waals surface area (Å²) in [6.45, 7) is 9.28. The summed E-state index contributed by atoms with van der Waals surface area (Å²) >= 11 is 0. The summed E-state index contributed by atoms with van der Waals surface area (Å²) in [6.07, 6.45) is 2.73. The molecule has 0 heterocycles. The van der Waals surface area contributed by atoms with Crippen LogP contribution in [0, 0.1) is 12.8 Å². The van der Waals surface area contributed by atoms with E-state index in [1.54, 1.807) is 11.1 Å². The first-order valence-corrected chi connectivity index (χ1v) is 6.20. The molecule has 0 unspecified atom stereocenters. The largest absolute Gasteiger partial charge is 0.0622 e. The molecule has 0 radical (unpaired) electrons. The topological polar surface area (TPSA) is 0 Å². The highest BCUT2D eigenvalue weighted by molar-refractivity contribution is 5.38. The van der Waals surface area contributed by atoms with Gasteiger partial charge in [0.25, 0.3) is 0 Å². The van der Waals surface area contributed by atoms with Gasteiger partial charge in [-0.2, -0.15) is 0 Å². The molecule has 0 saturated carbocycles. The molecule has 0 nitrogen and oxygen atoms in total. The van der Waals surface area contributed by atoms with Crippen molar-refractivity contribution in [3.63, 3.8) is 0 Å². The maximum atomic E-state index is 2.41. The standard InChI is InChI=1S/C15H22/c1-10(2)13-8-6-12(4)14-7-5-11(3)9-15(13)14/h5,7,9-10,12-13H,6,8H2,1-4H3/t12-,13-/m0/s1. The average Bonchev–Trinajstić information content (AvgIpc) is 2.17. The van der Waals surface area contributed by atoms with Crippen molar-refractivity contribution in [2.75, 3.05) is 0 Å². The Balaban J connectivity index is 2.46. The highest BCUT2D eigenvalue weighted by Gasteiger charge is 2.26. The fraction of sp³-hybridized carbons (Fsp3) is 0.600. The molecular formula is C15H22. The van der Waals surface area contributed by atoms with E-state index in [1.165, 1.54) is 18.4 Å². The lowest BCUT2D eigenvalue weighted by Gasteiger charge is -2.32. The third-order valence-corrected chi connectivity index (χ3v) is 3.89. The minimum atomic E-state index is 0.760. The molecule has 0 N–H and O–H groups in total. The molecular weight excluding hydrogens is 180 g/mol. The van der Waals surface area contributed by atoms with E-state index < -0.39 is 0 Å². The summed E-state index contributed by atoms with van der Waals surface area (Å²) in [5, 5.41) is 0. The third kappa shape index (κ3) is 1.95. The first-order valence-electron chi connectivity index (χ1n) is 6.20. The molecule has 0 saturated heterocycles. The monoisotopic (exact) mass is 202 g/mol. The van der Waals surface area contributed by atoms with Crippen LogP contribution in [0.25, 0.3) is 0 Å². The summed E-state index contributed by atoms with van der Waals surface area (Å²) in [5.41, 5.74) is 4.64. The fourth-order valence-electron chi connectivity index (χ4n) is 2.90. The number of rotatable bonds is 1. The van der Waals surface area contributed by atoms with Gasteiger partial charge >= 0.3 is 0 Å². The summed E-state index contributed by atoms with van der Waals surface area (Å²) in [6, 6.07) is 7.03. The van der Waals surface area contributed by atoms with E-state index in [-0.39, 0.29) is 0 Å². The van der Waals surface area contributed by atoms with Crippen molar-refractivity contribution in [3.8, 4) is 0 Å². The van der Waals surface area contributed by atoms with Gasteiger partial charge in [0, 0.05) is 0 Å². The van der Waals surface area contributed by atoms with E-state index >= 15 is 0 Å². The van der Waals surface area contributed by atoms with Crippen LogP contribution in [0.2, 0.25) is 0 Å². The van der Waals surface area contributed by atoms with Gasteiger partial charge in [0.2, 0.25) is 0 Å². The Labute approximate surface area is 93.7 Å². The van der Waals surface area contributed by atoms with Crippen LogP contribution in [0.5, 0.6) is 0 Å². The van der Waals surface area contributed by atoms with E-state index in [0.717, 1.165) is 17.8 Å². The van der Waals surface area contributed by atoms with Crippen molar-refractivity contribution in [1.29, 1.82) is 0 Å². The SMILES string of the molecule is Cc1ccc2c(c1)[C@H](C(C)C)CC[C@@H]2C. The predicted molar refractivity (Wildman–Crippen MR) is 66.4 cm³/mol. The Kier molecular flexibility index (Phi) is 2.86. The van der Waals surface area contributed by atoms with E-state index in [0.29, 0.717) is 0 Å². The molecule has 0 amide bonds. The number of fused-ring (bicyclic) bond motifs is 1. The number of hydrogen-bond donors (Lipinski definition) is 0. The predicted octanol–water partition coefficient (Wildman–Crippen LogP) is 4.63. The van der Waals surface area contributed by atoms with E-state index in [1.807, 2.05) is 0 Å². The second-order valence-electron chi connectivity index (χ2n) is 5.46. The van der Waals surface area contributed by atoms with Gasteiger partial charge in [-0.1, -0.05) is 44.5 Å². The van der Waals surface area contributed by atoms with Crippen LogP contribution >= 0.6 is 0 Å². The Morgan fingerprint density at radius 1 is 1.13 bits per heavy atom. The van der Waals surface area contributed by atoms with E-state index in [4.69, 9.17) is 0 Å². The Bertz CT molecular complexity index is 349. The molecule has 1 aliphatic rings. The summed E-state index contributed by atoms with van der Waals surface area (Å²) in [4.78, 5) is 0. The molecule has 1 aromatic rings. The van der Waals surface area contributed by atoms with Gasteiger partial charge < -0.3 is 0 Å². The first-order chi connectivity index (χ1) is 7.09. The smallest absolute Gasteiger partial charge is 0.0136 e. The van der Waals surface area contributed by atoms with Crippen molar-refractivity contribution >= 4 is 0 Å². The zero-order valence-electron chi connectivity index (χ0n) is 10.4. The summed E-state index contributed by atoms with van der Waals surface area (Å²) in [5.74, 6) is 2.32. The lowest BCUT2D eigenvalue weighted by Crippen LogP contribution is -2.17. The van der Waals surface area contributed by atoms with Crippen LogP contribution in [0.15, 0.2) is 18.2 Å². The summed E-state index contributed by atoms with van der Waals surface area (Å²) < 4.78 is 0.